The normalized spacial score (nSPS) is 30.8. The van der Waals surface area contributed by atoms with Crippen LogP contribution in [0.1, 0.15) is 42.6 Å². The van der Waals surface area contributed by atoms with E-state index >= 15 is 0 Å². The van der Waals surface area contributed by atoms with E-state index in [-0.39, 0.29) is 23.5 Å². The first-order valence-corrected chi connectivity index (χ1v) is 7.64. The molecule has 2 aliphatic carbocycles. The maximum atomic E-state index is 12.4. The van der Waals surface area contributed by atoms with E-state index in [0.717, 1.165) is 32.1 Å². The SMILES string of the molecule is Nc1c(C(=O)NC2C3CCCC2CC(N)C3)[nH]c(=O)[nH]c1=O. The molecule has 2 saturated carbocycles. The Hall–Kier alpha value is -2.09. The molecule has 0 radical (unpaired) electrons. The number of aromatic amines is 2. The van der Waals surface area contributed by atoms with Crippen molar-refractivity contribution in [2.24, 2.45) is 17.6 Å². The standard InChI is InChI=1S/C14H21N5O3/c15-8-4-6-2-1-3-7(5-8)10(6)17-13(21)11-9(16)12(20)19-14(22)18-11/h6-8,10H,1-5,15-16H2,(H,17,21)(H2,18,19,20,22). The van der Waals surface area contributed by atoms with Gasteiger partial charge in [0.25, 0.3) is 11.5 Å². The van der Waals surface area contributed by atoms with E-state index in [1.807, 2.05) is 4.98 Å². The summed E-state index contributed by atoms with van der Waals surface area (Å²) in [5.41, 5.74) is 9.74. The Kier molecular flexibility index (Phi) is 3.78. The van der Waals surface area contributed by atoms with Crippen LogP contribution in [0.25, 0.3) is 0 Å². The lowest BCUT2D eigenvalue weighted by Crippen LogP contribution is -2.54. The number of carbonyl (C=O) groups excluding carboxylic acids is 1. The van der Waals surface area contributed by atoms with E-state index in [4.69, 9.17) is 11.5 Å². The first-order chi connectivity index (χ1) is 10.5. The van der Waals surface area contributed by atoms with Gasteiger partial charge in [-0.05, 0) is 37.5 Å². The van der Waals surface area contributed by atoms with Gasteiger partial charge in [0.05, 0.1) is 0 Å². The summed E-state index contributed by atoms with van der Waals surface area (Å²) in [4.78, 5) is 39.5. The minimum atomic E-state index is -0.750. The molecule has 8 heteroatoms. The van der Waals surface area contributed by atoms with Gasteiger partial charge in [0.2, 0.25) is 0 Å². The molecule has 1 heterocycles. The largest absolute Gasteiger partial charge is 0.392 e. The number of carbonyl (C=O) groups is 1. The van der Waals surface area contributed by atoms with Crippen molar-refractivity contribution in [3.05, 3.63) is 26.5 Å². The highest BCUT2D eigenvalue weighted by atomic mass is 16.2. The molecule has 2 unspecified atom stereocenters. The van der Waals surface area contributed by atoms with Crippen LogP contribution < -0.4 is 28.0 Å². The first kappa shape index (κ1) is 14.8. The van der Waals surface area contributed by atoms with Gasteiger partial charge in [0.1, 0.15) is 11.4 Å². The van der Waals surface area contributed by atoms with Crippen molar-refractivity contribution >= 4 is 11.6 Å². The van der Waals surface area contributed by atoms with Gasteiger partial charge < -0.3 is 21.8 Å². The fraction of sp³-hybridized carbons (Fsp3) is 0.643. The molecule has 2 fully saturated rings. The number of nitrogen functional groups attached to an aromatic ring is 1. The summed E-state index contributed by atoms with van der Waals surface area (Å²) >= 11 is 0. The van der Waals surface area contributed by atoms with Crippen LogP contribution in [0.3, 0.4) is 0 Å². The summed E-state index contributed by atoms with van der Waals surface area (Å²) in [6.45, 7) is 0. The molecular formula is C14H21N5O3. The molecule has 2 atom stereocenters. The Balaban J connectivity index is 1.83. The van der Waals surface area contributed by atoms with Gasteiger partial charge in [0, 0.05) is 12.1 Å². The van der Waals surface area contributed by atoms with E-state index in [2.05, 4.69) is 10.3 Å². The molecule has 0 aliphatic heterocycles. The van der Waals surface area contributed by atoms with Gasteiger partial charge in [-0.2, -0.15) is 0 Å². The maximum absolute atomic E-state index is 12.4. The second-order valence-corrected chi connectivity index (χ2v) is 6.38. The molecule has 8 nitrogen and oxygen atoms in total. The zero-order chi connectivity index (χ0) is 15.9. The van der Waals surface area contributed by atoms with Crippen molar-refractivity contribution < 1.29 is 4.79 Å². The summed E-state index contributed by atoms with van der Waals surface area (Å²) in [7, 11) is 0. The number of nitrogens with two attached hydrogens (primary N) is 2. The number of hydrogen-bond donors (Lipinski definition) is 5. The molecular weight excluding hydrogens is 286 g/mol. The molecule has 2 bridgehead atoms. The van der Waals surface area contributed by atoms with Crippen molar-refractivity contribution in [3.8, 4) is 0 Å². The highest BCUT2D eigenvalue weighted by molar-refractivity contribution is 5.97. The van der Waals surface area contributed by atoms with Crippen LogP contribution >= 0.6 is 0 Å². The molecule has 0 spiro atoms. The Morgan fingerprint density at radius 2 is 1.77 bits per heavy atom. The molecule has 1 aromatic heterocycles. The van der Waals surface area contributed by atoms with E-state index in [0.29, 0.717) is 11.8 Å². The Morgan fingerprint density at radius 3 is 2.41 bits per heavy atom. The molecule has 1 amide bonds. The summed E-state index contributed by atoms with van der Waals surface area (Å²) in [6, 6.07) is 0.219. The summed E-state index contributed by atoms with van der Waals surface area (Å²) in [5, 5.41) is 2.96. The maximum Gasteiger partial charge on any atom is 0.326 e. The number of hydrogen-bond acceptors (Lipinski definition) is 5. The molecule has 0 saturated heterocycles. The second kappa shape index (κ2) is 5.60. The van der Waals surface area contributed by atoms with Crippen molar-refractivity contribution in [1.82, 2.24) is 15.3 Å². The van der Waals surface area contributed by atoms with E-state index in [1.165, 1.54) is 0 Å². The summed E-state index contributed by atoms with van der Waals surface area (Å²) in [5.74, 6) is 0.195. The van der Waals surface area contributed by atoms with Gasteiger partial charge in [-0.15, -0.1) is 0 Å². The molecule has 7 N–H and O–H groups in total. The highest BCUT2D eigenvalue weighted by Gasteiger charge is 2.40. The highest BCUT2D eigenvalue weighted by Crippen LogP contribution is 2.39. The van der Waals surface area contributed by atoms with Crippen LogP contribution in [0.4, 0.5) is 5.69 Å². The smallest absolute Gasteiger partial charge is 0.326 e. The molecule has 2 aliphatic rings. The summed E-state index contributed by atoms with van der Waals surface area (Å²) in [6.07, 6.45) is 5.01. The number of fused-ring (bicyclic) bond motifs is 2. The van der Waals surface area contributed by atoms with E-state index < -0.39 is 17.2 Å². The van der Waals surface area contributed by atoms with Gasteiger partial charge in [-0.1, -0.05) is 6.42 Å². The molecule has 1 aromatic rings. The van der Waals surface area contributed by atoms with Crippen LogP contribution in [0.2, 0.25) is 0 Å². The minimum absolute atomic E-state index is 0.0308. The first-order valence-electron chi connectivity index (χ1n) is 7.64. The van der Waals surface area contributed by atoms with Crippen LogP contribution in [-0.2, 0) is 0 Å². The third kappa shape index (κ3) is 2.66. The van der Waals surface area contributed by atoms with Crippen LogP contribution in [-0.4, -0.2) is 28.0 Å². The van der Waals surface area contributed by atoms with Crippen molar-refractivity contribution in [1.29, 1.82) is 0 Å². The summed E-state index contributed by atoms with van der Waals surface area (Å²) < 4.78 is 0. The fourth-order valence-corrected chi connectivity index (χ4v) is 3.92. The minimum Gasteiger partial charge on any atom is -0.392 e. The number of rotatable bonds is 2. The third-order valence-corrected chi connectivity index (χ3v) is 4.88. The monoisotopic (exact) mass is 307 g/mol. The van der Waals surface area contributed by atoms with E-state index in [9.17, 15) is 14.4 Å². The number of H-pyrrole nitrogens is 2. The lowest BCUT2D eigenvalue weighted by molar-refractivity contribution is 0.0752. The van der Waals surface area contributed by atoms with E-state index in [1.54, 1.807) is 0 Å². The van der Waals surface area contributed by atoms with Crippen LogP contribution in [0, 0.1) is 11.8 Å². The zero-order valence-electron chi connectivity index (χ0n) is 12.2. The average molecular weight is 307 g/mol. The predicted octanol–water partition coefficient (Wildman–Crippen LogP) is -0.719. The molecule has 3 rings (SSSR count). The molecule has 120 valence electrons. The van der Waals surface area contributed by atoms with Crippen LogP contribution in [0.15, 0.2) is 9.59 Å². The number of nitrogens with one attached hydrogen (secondary N) is 3. The second-order valence-electron chi connectivity index (χ2n) is 6.38. The van der Waals surface area contributed by atoms with Gasteiger partial charge in [0.15, 0.2) is 0 Å². The molecule has 0 aromatic carbocycles. The Labute approximate surface area is 126 Å². The topological polar surface area (TPSA) is 147 Å². The number of aromatic nitrogens is 2. The lowest BCUT2D eigenvalue weighted by atomic mass is 9.67. The number of amides is 1. The van der Waals surface area contributed by atoms with Gasteiger partial charge in [-0.25, -0.2) is 4.79 Å². The number of anilines is 1. The zero-order valence-corrected chi connectivity index (χ0v) is 12.2. The van der Waals surface area contributed by atoms with Crippen molar-refractivity contribution in [3.63, 3.8) is 0 Å². The fourth-order valence-electron chi connectivity index (χ4n) is 3.92. The Bertz CT molecular complexity index is 680. The van der Waals surface area contributed by atoms with Crippen molar-refractivity contribution in [2.75, 3.05) is 5.73 Å². The van der Waals surface area contributed by atoms with Gasteiger partial charge in [-0.3, -0.25) is 14.6 Å². The third-order valence-electron chi connectivity index (χ3n) is 4.88. The lowest BCUT2D eigenvalue weighted by Gasteiger charge is -2.45. The van der Waals surface area contributed by atoms with Gasteiger partial charge >= 0.3 is 5.69 Å². The quantitative estimate of drug-likeness (QED) is 0.489. The average Bonchev–Trinajstić information content (AvgIpc) is 2.43. The van der Waals surface area contributed by atoms with Crippen LogP contribution in [0.5, 0.6) is 0 Å². The molecule has 22 heavy (non-hydrogen) atoms. The Morgan fingerprint density at radius 1 is 1.14 bits per heavy atom. The predicted molar refractivity (Wildman–Crippen MR) is 81.4 cm³/mol. The van der Waals surface area contributed by atoms with Crippen molar-refractivity contribution in [2.45, 2.75) is 44.2 Å².